The molecule has 4 nitrogen and oxygen atoms in total. The van der Waals surface area contributed by atoms with Gasteiger partial charge in [0, 0.05) is 13.1 Å². The summed E-state index contributed by atoms with van der Waals surface area (Å²) in [6, 6.07) is 5.29. The molecule has 2 aromatic rings. The topological polar surface area (TPSA) is 44.1 Å². The fraction of sp³-hybridized carbons (Fsp3) is 0.273. The van der Waals surface area contributed by atoms with Crippen LogP contribution in [0.15, 0.2) is 24.5 Å². The van der Waals surface area contributed by atoms with Crippen LogP contribution in [0.5, 0.6) is 5.75 Å². The molecule has 16 heavy (non-hydrogen) atoms. The van der Waals surface area contributed by atoms with Gasteiger partial charge in [-0.05, 0) is 19.1 Å². The normalized spacial score (nSPS) is 12.7. The molecule has 1 aromatic carbocycles. The molecule has 0 aliphatic heterocycles. The zero-order valence-corrected chi connectivity index (χ0v) is 9.73. The molecule has 2 rings (SSSR count). The van der Waals surface area contributed by atoms with Crippen molar-refractivity contribution in [3.63, 3.8) is 0 Å². The first-order valence-electron chi connectivity index (χ1n) is 4.85. The monoisotopic (exact) mass is 238 g/mol. The predicted molar refractivity (Wildman–Crippen MR) is 61.7 cm³/mol. The standard InChI is InChI=1S/C11H11ClN2O2/c1-7(12)11(15)16-8-3-4-10-9(5-8)13-6-14(10)2/h3-7H,1-2H3. The van der Waals surface area contributed by atoms with Crippen molar-refractivity contribution < 1.29 is 9.53 Å². The molecule has 0 radical (unpaired) electrons. The lowest BCUT2D eigenvalue weighted by atomic mass is 10.3. The Bertz CT molecular complexity index is 534. The Labute approximate surface area is 97.8 Å². The molecule has 0 saturated heterocycles. The number of esters is 1. The van der Waals surface area contributed by atoms with Gasteiger partial charge in [-0.15, -0.1) is 11.6 Å². The summed E-state index contributed by atoms with van der Waals surface area (Å²) < 4.78 is 6.97. The molecule has 84 valence electrons. The van der Waals surface area contributed by atoms with E-state index in [0.29, 0.717) is 5.75 Å². The van der Waals surface area contributed by atoms with Crippen LogP contribution in [0.3, 0.4) is 0 Å². The van der Waals surface area contributed by atoms with Crippen molar-refractivity contribution in [2.24, 2.45) is 7.05 Å². The number of carbonyl (C=O) groups is 1. The number of benzene rings is 1. The van der Waals surface area contributed by atoms with Crippen LogP contribution in [0.2, 0.25) is 0 Å². The maximum atomic E-state index is 11.3. The van der Waals surface area contributed by atoms with E-state index in [1.807, 2.05) is 17.7 Å². The molecule has 1 heterocycles. The maximum absolute atomic E-state index is 11.3. The van der Waals surface area contributed by atoms with Gasteiger partial charge in [0.2, 0.25) is 0 Å². The van der Waals surface area contributed by atoms with Crippen molar-refractivity contribution >= 4 is 28.6 Å². The summed E-state index contributed by atoms with van der Waals surface area (Å²) in [4.78, 5) is 15.4. The van der Waals surface area contributed by atoms with Gasteiger partial charge in [-0.25, -0.2) is 4.98 Å². The highest BCUT2D eigenvalue weighted by atomic mass is 35.5. The van der Waals surface area contributed by atoms with Crippen LogP contribution in [0, 0.1) is 0 Å². The van der Waals surface area contributed by atoms with Gasteiger partial charge in [-0.3, -0.25) is 4.79 Å². The SMILES string of the molecule is CC(Cl)C(=O)Oc1ccc2c(c1)ncn2C. The molecule has 0 amide bonds. The minimum absolute atomic E-state index is 0.461. The molecule has 0 fully saturated rings. The number of alkyl halides is 1. The number of rotatable bonds is 2. The van der Waals surface area contributed by atoms with Gasteiger partial charge in [-0.1, -0.05) is 0 Å². The number of aryl methyl sites for hydroxylation is 1. The molecule has 0 aliphatic rings. The summed E-state index contributed by atoms with van der Waals surface area (Å²) in [6.45, 7) is 1.57. The smallest absolute Gasteiger partial charge is 0.329 e. The third-order valence-electron chi connectivity index (χ3n) is 2.24. The van der Waals surface area contributed by atoms with E-state index in [1.165, 1.54) is 0 Å². The van der Waals surface area contributed by atoms with Crippen molar-refractivity contribution in [3.05, 3.63) is 24.5 Å². The molecule has 1 atom stereocenters. The van der Waals surface area contributed by atoms with Crippen molar-refractivity contribution in [3.8, 4) is 5.75 Å². The number of imidazole rings is 1. The van der Waals surface area contributed by atoms with Crippen LogP contribution in [0.25, 0.3) is 11.0 Å². The molecule has 1 aromatic heterocycles. The Morgan fingerprint density at radius 3 is 3.00 bits per heavy atom. The summed E-state index contributed by atoms with van der Waals surface area (Å²) in [7, 11) is 1.90. The van der Waals surface area contributed by atoms with Gasteiger partial charge in [-0.2, -0.15) is 0 Å². The van der Waals surface area contributed by atoms with Crippen molar-refractivity contribution in [1.29, 1.82) is 0 Å². The zero-order valence-electron chi connectivity index (χ0n) is 8.98. The minimum atomic E-state index is -0.653. The Balaban J connectivity index is 2.30. The van der Waals surface area contributed by atoms with Gasteiger partial charge in [0.05, 0.1) is 17.4 Å². The van der Waals surface area contributed by atoms with Gasteiger partial charge >= 0.3 is 5.97 Å². The van der Waals surface area contributed by atoms with Gasteiger partial charge in [0.15, 0.2) is 0 Å². The number of ether oxygens (including phenoxy) is 1. The quantitative estimate of drug-likeness (QED) is 0.457. The van der Waals surface area contributed by atoms with E-state index < -0.39 is 11.3 Å². The van der Waals surface area contributed by atoms with Gasteiger partial charge < -0.3 is 9.30 Å². The van der Waals surface area contributed by atoms with Crippen LogP contribution in [0.1, 0.15) is 6.92 Å². The van der Waals surface area contributed by atoms with E-state index in [-0.39, 0.29) is 0 Å². The molecular formula is C11H11ClN2O2. The van der Waals surface area contributed by atoms with E-state index in [0.717, 1.165) is 11.0 Å². The highest BCUT2D eigenvalue weighted by Gasteiger charge is 2.12. The lowest BCUT2D eigenvalue weighted by molar-refractivity contribution is -0.133. The van der Waals surface area contributed by atoms with Gasteiger partial charge in [0.1, 0.15) is 11.1 Å². The maximum Gasteiger partial charge on any atom is 0.329 e. The van der Waals surface area contributed by atoms with Crippen LogP contribution in [0.4, 0.5) is 0 Å². The number of carbonyl (C=O) groups excluding carboxylic acids is 1. The first-order chi connectivity index (χ1) is 7.58. The molecular weight excluding hydrogens is 228 g/mol. The van der Waals surface area contributed by atoms with Gasteiger partial charge in [0.25, 0.3) is 0 Å². The molecule has 0 spiro atoms. The zero-order chi connectivity index (χ0) is 11.7. The Hall–Kier alpha value is -1.55. The van der Waals surface area contributed by atoms with E-state index in [4.69, 9.17) is 16.3 Å². The largest absolute Gasteiger partial charge is 0.425 e. The summed E-state index contributed by atoms with van der Waals surface area (Å²) in [5.41, 5.74) is 1.77. The third kappa shape index (κ3) is 2.02. The molecule has 0 saturated carbocycles. The second-order valence-corrected chi connectivity index (χ2v) is 4.20. The molecule has 1 unspecified atom stereocenters. The van der Waals surface area contributed by atoms with Crippen molar-refractivity contribution in [2.75, 3.05) is 0 Å². The van der Waals surface area contributed by atoms with Crippen molar-refractivity contribution in [2.45, 2.75) is 12.3 Å². The van der Waals surface area contributed by atoms with E-state index in [1.54, 1.807) is 25.4 Å². The fourth-order valence-corrected chi connectivity index (χ4v) is 1.42. The van der Waals surface area contributed by atoms with E-state index in [2.05, 4.69) is 4.98 Å². The third-order valence-corrected chi connectivity index (χ3v) is 2.42. The number of hydrogen-bond donors (Lipinski definition) is 0. The highest BCUT2D eigenvalue weighted by Crippen LogP contribution is 2.19. The van der Waals surface area contributed by atoms with Crippen LogP contribution in [-0.2, 0) is 11.8 Å². The lowest BCUT2D eigenvalue weighted by Gasteiger charge is -2.05. The second-order valence-electron chi connectivity index (χ2n) is 3.54. The number of hydrogen-bond acceptors (Lipinski definition) is 3. The molecule has 0 aliphatic carbocycles. The Morgan fingerprint density at radius 1 is 1.56 bits per heavy atom. The summed E-state index contributed by atoms with van der Waals surface area (Å²) >= 11 is 5.61. The lowest BCUT2D eigenvalue weighted by Crippen LogP contribution is -2.17. The van der Waals surface area contributed by atoms with E-state index in [9.17, 15) is 4.79 Å². The molecule has 0 N–H and O–H groups in total. The fourth-order valence-electron chi connectivity index (χ4n) is 1.38. The Kier molecular flexibility index (Phi) is 2.83. The van der Waals surface area contributed by atoms with Crippen molar-refractivity contribution in [1.82, 2.24) is 9.55 Å². The number of halogens is 1. The average Bonchev–Trinajstić information content (AvgIpc) is 2.60. The summed E-state index contributed by atoms with van der Waals surface area (Å²) in [5.74, 6) is 0.000600. The first kappa shape index (κ1) is 11.0. The van der Waals surface area contributed by atoms with Crippen LogP contribution >= 0.6 is 11.6 Å². The predicted octanol–water partition coefficient (Wildman–Crippen LogP) is 2.11. The second kappa shape index (κ2) is 4.14. The number of aromatic nitrogens is 2. The Morgan fingerprint density at radius 2 is 2.31 bits per heavy atom. The summed E-state index contributed by atoms with van der Waals surface area (Å²) in [5, 5.41) is -0.653. The first-order valence-corrected chi connectivity index (χ1v) is 5.28. The van der Waals surface area contributed by atoms with Crippen LogP contribution < -0.4 is 4.74 Å². The highest BCUT2D eigenvalue weighted by molar-refractivity contribution is 6.29. The molecule has 0 bridgehead atoms. The summed E-state index contributed by atoms with van der Waals surface area (Å²) in [6.07, 6.45) is 1.71. The average molecular weight is 239 g/mol. The number of nitrogens with zero attached hydrogens (tertiary/aromatic N) is 2. The molecule has 5 heteroatoms. The number of fused-ring (bicyclic) bond motifs is 1. The minimum Gasteiger partial charge on any atom is -0.425 e. The van der Waals surface area contributed by atoms with E-state index >= 15 is 0 Å². The van der Waals surface area contributed by atoms with Crippen LogP contribution in [-0.4, -0.2) is 20.9 Å².